The van der Waals surface area contributed by atoms with Crippen molar-refractivity contribution in [1.82, 2.24) is 0 Å². The van der Waals surface area contributed by atoms with Crippen LogP contribution in [-0.4, -0.2) is 0 Å². The summed E-state index contributed by atoms with van der Waals surface area (Å²) in [6.07, 6.45) is 3.68. The average Bonchev–Trinajstić information content (AvgIpc) is 2.50. The molecular formula is C19H24ClN. The molecule has 0 aliphatic rings. The summed E-state index contributed by atoms with van der Waals surface area (Å²) >= 11 is 6.17. The van der Waals surface area contributed by atoms with Crippen LogP contribution in [0.15, 0.2) is 42.5 Å². The Morgan fingerprint density at radius 2 is 1.81 bits per heavy atom. The van der Waals surface area contributed by atoms with Crippen LogP contribution in [0.5, 0.6) is 0 Å². The number of hydrogen-bond acceptors (Lipinski definition) is 1. The molecule has 0 heterocycles. The number of aryl methyl sites for hydroxylation is 1. The molecule has 1 unspecified atom stereocenters. The van der Waals surface area contributed by atoms with Gasteiger partial charge in [0, 0.05) is 16.8 Å². The van der Waals surface area contributed by atoms with Crippen LogP contribution >= 0.6 is 11.6 Å². The van der Waals surface area contributed by atoms with E-state index in [2.05, 4.69) is 49.5 Å². The number of benzene rings is 2. The average molecular weight is 302 g/mol. The van der Waals surface area contributed by atoms with E-state index < -0.39 is 0 Å². The molecule has 0 spiro atoms. The van der Waals surface area contributed by atoms with Crippen LogP contribution in [0, 0.1) is 6.92 Å². The SMILES string of the molecule is CCCCc1ccc(C(C)Nc2cccc(Cl)c2C)cc1. The topological polar surface area (TPSA) is 12.0 Å². The van der Waals surface area contributed by atoms with E-state index in [1.807, 2.05) is 19.1 Å². The van der Waals surface area contributed by atoms with Crippen molar-refractivity contribution in [3.05, 3.63) is 64.2 Å². The normalized spacial score (nSPS) is 12.2. The van der Waals surface area contributed by atoms with Gasteiger partial charge in [-0.3, -0.25) is 0 Å². The zero-order valence-electron chi connectivity index (χ0n) is 13.1. The van der Waals surface area contributed by atoms with Crippen molar-refractivity contribution in [2.45, 2.75) is 46.1 Å². The van der Waals surface area contributed by atoms with Gasteiger partial charge in [0.2, 0.25) is 0 Å². The van der Waals surface area contributed by atoms with Crippen LogP contribution in [0.4, 0.5) is 5.69 Å². The molecule has 2 heteroatoms. The van der Waals surface area contributed by atoms with Gasteiger partial charge in [0.05, 0.1) is 0 Å². The molecule has 1 nitrogen and oxygen atoms in total. The van der Waals surface area contributed by atoms with E-state index in [4.69, 9.17) is 11.6 Å². The Morgan fingerprint density at radius 3 is 2.48 bits per heavy atom. The van der Waals surface area contributed by atoms with Crippen LogP contribution in [0.25, 0.3) is 0 Å². The Labute approximate surface area is 133 Å². The summed E-state index contributed by atoms with van der Waals surface area (Å²) in [5.74, 6) is 0. The summed E-state index contributed by atoms with van der Waals surface area (Å²) in [7, 11) is 0. The zero-order chi connectivity index (χ0) is 15.2. The Balaban J connectivity index is 2.06. The van der Waals surface area contributed by atoms with E-state index in [0.717, 1.165) is 16.3 Å². The van der Waals surface area contributed by atoms with Gasteiger partial charge in [-0.2, -0.15) is 0 Å². The molecule has 0 fully saturated rings. The second-order valence-corrected chi connectivity index (χ2v) is 6.03. The Kier molecular flexibility index (Phi) is 5.69. The predicted molar refractivity (Wildman–Crippen MR) is 93.3 cm³/mol. The van der Waals surface area contributed by atoms with E-state index in [0.29, 0.717) is 0 Å². The second kappa shape index (κ2) is 7.51. The molecule has 112 valence electrons. The molecule has 0 bridgehead atoms. The highest BCUT2D eigenvalue weighted by Gasteiger charge is 2.08. The first-order chi connectivity index (χ1) is 10.1. The summed E-state index contributed by atoms with van der Waals surface area (Å²) in [6.45, 7) is 6.46. The fourth-order valence-corrected chi connectivity index (χ4v) is 2.61. The standard InChI is InChI=1S/C19H24ClN/c1-4-5-7-16-10-12-17(13-11-16)15(3)21-19-9-6-8-18(20)14(19)2/h6,8-13,15,21H,4-5,7H2,1-3H3. The number of hydrogen-bond donors (Lipinski definition) is 1. The molecular weight excluding hydrogens is 278 g/mol. The molecule has 0 aliphatic heterocycles. The van der Waals surface area contributed by atoms with E-state index in [1.165, 1.54) is 30.4 Å². The van der Waals surface area contributed by atoms with Crippen molar-refractivity contribution in [2.75, 3.05) is 5.32 Å². The lowest BCUT2D eigenvalue weighted by atomic mass is 10.0. The van der Waals surface area contributed by atoms with Crippen molar-refractivity contribution in [3.63, 3.8) is 0 Å². The Morgan fingerprint density at radius 1 is 1.10 bits per heavy atom. The lowest BCUT2D eigenvalue weighted by molar-refractivity contribution is 0.793. The van der Waals surface area contributed by atoms with E-state index >= 15 is 0 Å². The minimum atomic E-state index is 0.266. The summed E-state index contributed by atoms with van der Waals surface area (Å²) in [5.41, 5.74) is 4.93. The molecule has 21 heavy (non-hydrogen) atoms. The Bertz CT molecular complexity index is 575. The van der Waals surface area contributed by atoms with E-state index in [-0.39, 0.29) is 6.04 Å². The molecule has 2 rings (SSSR count). The highest BCUT2D eigenvalue weighted by Crippen LogP contribution is 2.27. The number of halogens is 1. The monoisotopic (exact) mass is 301 g/mol. The molecule has 1 atom stereocenters. The molecule has 2 aromatic rings. The number of unbranched alkanes of at least 4 members (excludes halogenated alkanes) is 1. The molecule has 0 saturated carbocycles. The first kappa shape index (κ1) is 15.9. The highest BCUT2D eigenvalue weighted by molar-refractivity contribution is 6.31. The molecule has 0 amide bonds. The Hall–Kier alpha value is -1.47. The maximum atomic E-state index is 6.17. The predicted octanol–water partition coefficient (Wildman–Crippen LogP) is 6.16. The third-order valence-electron chi connectivity index (χ3n) is 3.94. The number of rotatable bonds is 6. The van der Waals surface area contributed by atoms with Gasteiger partial charge in [-0.15, -0.1) is 0 Å². The second-order valence-electron chi connectivity index (χ2n) is 5.62. The van der Waals surface area contributed by atoms with Crippen LogP contribution in [0.2, 0.25) is 5.02 Å². The molecule has 0 saturated heterocycles. The van der Waals surface area contributed by atoms with Crippen molar-refractivity contribution in [1.29, 1.82) is 0 Å². The fourth-order valence-electron chi connectivity index (χ4n) is 2.43. The maximum Gasteiger partial charge on any atom is 0.0485 e. The van der Waals surface area contributed by atoms with Gasteiger partial charge in [-0.25, -0.2) is 0 Å². The number of nitrogens with one attached hydrogen (secondary N) is 1. The number of anilines is 1. The third kappa shape index (κ3) is 4.25. The van der Waals surface area contributed by atoms with Gasteiger partial charge in [-0.05, 0) is 55.5 Å². The molecule has 2 aromatic carbocycles. The lowest BCUT2D eigenvalue weighted by Gasteiger charge is -2.18. The van der Waals surface area contributed by atoms with Gasteiger partial charge >= 0.3 is 0 Å². The quantitative estimate of drug-likeness (QED) is 0.673. The van der Waals surface area contributed by atoms with Crippen LogP contribution in [-0.2, 0) is 6.42 Å². The first-order valence-corrected chi connectivity index (χ1v) is 8.10. The van der Waals surface area contributed by atoms with Crippen molar-refractivity contribution in [2.24, 2.45) is 0 Å². The smallest absolute Gasteiger partial charge is 0.0485 e. The van der Waals surface area contributed by atoms with Crippen LogP contribution in [0.1, 0.15) is 49.4 Å². The van der Waals surface area contributed by atoms with Gasteiger partial charge < -0.3 is 5.32 Å². The summed E-state index contributed by atoms with van der Waals surface area (Å²) < 4.78 is 0. The highest BCUT2D eigenvalue weighted by atomic mass is 35.5. The maximum absolute atomic E-state index is 6.17. The zero-order valence-corrected chi connectivity index (χ0v) is 13.9. The summed E-state index contributed by atoms with van der Waals surface area (Å²) in [4.78, 5) is 0. The van der Waals surface area contributed by atoms with Gasteiger partial charge in [0.15, 0.2) is 0 Å². The molecule has 1 N–H and O–H groups in total. The largest absolute Gasteiger partial charge is 0.378 e. The molecule has 0 aliphatic carbocycles. The fraction of sp³-hybridized carbons (Fsp3) is 0.368. The van der Waals surface area contributed by atoms with Gasteiger partial charge in [0.1, 0.15) is 0 Å². The van der Waals surface area contributed by atoms with Crippen molar-refractivity contribution < 1.29 is 0 Å². The third-order valence-corrected chi connectivity index (χ3v) is 4.35. The summed E-state index contributed by atoms with van der Waals surface area (Å²) in [5, 5.41) is 4.35. The molecule has 0 radical (unpaired) electrons. The molecule has 0 aromatic heterocycles. The van der Waals surface area contributed by atoms with Gasteiger partial charge in [0.25, 0.3) is 0 Å². The van der Waals surface area contributed by atoms with Crippen LogP contribution < -0.4 is 5.32 Å². The minimum Gasteiger partial charge on any atom is -0.378 e. The van der Waals surface area contributed by atoms with E-state index in [1.54, 1.807) is 0 Å². The summed E-state index contributed by atoms with van der Waals surface area (Å²) in [6, 6.07) is 15.2. The van der Waals surface area contributed by atoms with Crippen LogP contribution in [0.3, 0.4) is 0 Å². The van der Waals surface area contributed by atoms with Crippen molar-refractivity contribution >= 4 is 17.3 Å². The lowest BCUT2D eigenvalue weighted by Crippen LogP contribution is -2.07. The van der Waals surface area contributed by atoms with E-state index in [9.17, 15) is 0 Å². The first-order valence-electron chi connectivity index (χ1n) is 7.72. The van der Waals surface area contributed by atoms with Crippen molar-refractivity contribution in [3.8, 4) is 0 Å². The minimum absolute atomic E-state index is 0.266. The van der Waals surface area contributed by atoms with Gasteiger partial charge in [-0.1, -0.05) is 55.3 Å².